The standard InChI is InChI=1S/C13H11Cl2FN2/c1-7-4-13(11(17)6-10(7)16)18-12-5-8(14)2-3-9(12)15/h2-6,18H,17H2,1H3. The second kappa shape index (κ2) is 5.04. The second-order valence-corrected chi connectivity index (χ2v) is 4.78. The van der Waals surface area contributed by atoms with Crippen LogP contribution < -0.4 is 11.1 Å². The molecule has 0 bridgehead atoms. The summed E-state index contributed by atoms with van der Waals surface area (Å²) in [5.74, 6) is -0.338. The molecule has 2 nitrogen and oxygen atoms in total. The summed E-state index contributed by atoms with van der Waals surface area (Å²) in [4.78, 5) is 0. The highest BCUT2D eigenvalue weighted by molar-refractivity contribution is 6.35. The lowest BCUT2D eigenvalue weighted by Gasteiger charge is -2.12. The van der Waals surface area contributed by atoms with Crippen LogP contribution in [0, 0.1) is 12.7 Å². The molecular formula is C13H11Cl2FN2. The average molecular weight is 285 g/mol. The third-order valence-electron chi connectivity index (χ3n) is 2.53. The van der Waals surface area contributed by atoms with Gasteiger partial charge in [-0.2, -0.15) is 0 Å². The van der Waals surface area contributed by atoms with Crippen molar-refractivity contribution in [2.75, 3.05) is 11.1 Å². The minimum Gasteiger partial charge on any atom is -0.397 e. The van der Waals surface area contributed by atoms with Crippen LogP contribution in [-0.2, 0) is 0 Å². The quantitative estimate of drug-likeness (QED) is 0.780. The molecule has 0 unspecified atom stereocenters. The van der Waals surface area contributed by atoms with E-state index in [9.17, 15) is 4.39 Å². The molecule has 0 heterocycles. The number of anilines is 3. The Kier molecular flexibility index (Phi) is 3.64. The maximum atomic E-state index is 13.3. The molecular weight excluding hydrogens is 274 g/mol. The summed E-state index contributed by atoms with van der Waals surface area (Å²) >= 11 is 11.9. The van der Waals surface area contributed by atoms with Crippen LogP contribution in [0.3, 0.4) is 0 Å². The number of hydrogen-bond donors (Lipinski definition) is 2. The first kappa shape index (κ1) is 13.0. The van der Waals surface area contributed by atoms with Crippen LogP contribution in [0.25, 0.3) is 0 Å². The van der Waals surface area contributed by atoms with Gasteiger partial charge in [0.25, 0.3) is 0 Å². The molecule has 0 aromatic heterocycles. The van der Waals surface area contributed by atoms with Crippen molar-refractivity contribution in [2.24, 2.45) is 0 Å². The summed E-state index contributed by atoms with van der Waals surface area (Å²) in [5.41, 5.74) is 7.79. The fourth-order valence-corrected chi connectivity index (χ4v) is 1.88. The first-order valence-electron chi connectivity index (χ1n) is 5.25. The Balaban J connectivity index is 2.40. The van der Waals surface area contributed by atoms with E-state index in [0.717, 1.165) is 0 Å². The van der Waals surface area contributed by atoms with Gasteiger partial charge in [-0.3, -0.25) is 0 Å². The van der Waals surface area contributed by atoms with E-state index in [2.05, 4.69) is 5.32 Å². The van der Waals surface area contributed by atoms with Crippen molar-refractivity contribution in [1.29, 1.82) is 0 Å². The van der Waals surface area contributed by atoms with Crippen molar-refractivity contribution in [2.45, 2.75) is 6.92 Å². The number of nitrogen functional groups attached to an aromatic ring is 1. The molecule has 0 saturated heterocycles. The van der Waals surface area contributed by atoms with E-state index >= 15 is 0 Å². The van der Waals surface area contributed by atoms with Crippen molar-refractivity contribution < 1.29 is 4.39 Å². The van der Waals surface area contributed by atoms with Gasteiger partial charge in [0.15, 0.2) is 0 Å². The van der Waals surface area contributed by atoms with E-state index in [1.807, 2.05) is 0 Å². The number of aryl methyl sites for hydroxylation is 1. The number of nitrogens with one attached hydrogen (secondary N) is 1. The summed E-state index contributed by atoms with van der Waals surface area (Å²) < 4.78 is 13.3. The number of hydrogen-bond acceptors (Lipinski definition) is 2. The summed E-state index contributed by atoms with van der Waals surface area (Å²) in [7, 11) is 0. The molecule has 18 heavy (non-hydrogen) atoms. The van der Waals surface area contributed by atoms with E-state index in [1.165, 1.54) is 6.07 Å². The van der Waals surface area contributed by atoms with Crippen LogP contribution in [0.2, 0.25) is 10.0 Å². The maximum Gasteiger partial charge on any atom is 0.128 e. The molecule has 2 aromatic rings. The number of benzene rings is 2. The van der Waals surface area contributed by atoms with Crippen molar-refractivity contribution >= 4 is 40.3 Å². The van der Waals surface area contributed by atoms with Crippen LogP contribution in [0.4, 0.5) is 21.5 Å². The van der Waals surface area contributed by atoms with Gasteiger partial charge in [-0.05, 0) is 42.8 Å². The highest BCUT2D eigenvalue weighted by Gasteiger charge is 2.07. The SMILES string of the molecule is Cc1cc(Nc2cc(Cl)ccc2Cl)c(N)cc1F. The third-order valence-corrected chi connectivity index (χ3v) is 3.09. The van der Waals surface area contributed by atoms with E-state index in [1.54, 1.807) is 31.2 Å². The zero-order valence-electron chi connectivity index (χ0n) is 9.60. The molecule has 0 atom stereocenters. The maximum absolute atomic E-state index is 13.3. The van der Waals surface area contributed by atoms with Crippen LogP contribution in [-0.4, -0.2) is 0 Å². The summed E-state index contributed by atoms with van der Waals surface area (Å²) in [6, 6.07) is 7.95. The number of halogens is 3. The molecule has 94 valence electrons. The normalized spacial score (nSPS) is 10.4. The fraction of sp³-hybridized carbons (Fsp3) is 0.0769. The fourth-order valence-electron chi connectivity index (χ4n) is 1.54. The predicted molar refractivity (Wildman–Crippen MR) is 75.3 cm³/mol. The van der Waals surface area contributed by atoms with Gasteiger partial charge in [0.2, 0.25) is 0 Å². The summed E-state index contributed by atoms with van der Waals surface area (Å²) in [6.45, 7) is 1.67. The number of nitrogens with two attached hydrogens (primary N) is 1. The van der Waals surface area contributed by atoms with Gasteiger partial charge < -0.3 is 11.1 Å². The molecule has 0 fully saturated rings. The lowest BCUT2D eigenvalue weighted by molar-refractivity contribution is 0.619. The largest absolute Gasteiger partial charge is 0.397 e. The van der Waals surface area contributed by atoms with Crippen LogP contribution in [0.5, 0.6) is 0 Å². The van der Waals surface area contributed by atoms with E-state index in [0.29, 0.717) is 32.7 Å². The van der Waals surface area contributed by atoms with Gasteiger partial charge in [-0.1, -0.05) is 23.2 Å². The molecule has 0 aliphatic heterocycles. The molecule has 5 heteroatoms. The summed E-state index contributed by atoms with van der Waals surface area (Å²) in [5, 5.41) is 4.11. The topological polar surface area (TPSA) is 38.0 Å². The highest BCUT2D eigenvalue weighted by atomic mass is 35.5. The molecule has 2 aromatic carbocycles. The second-order valence-electron chi connectivity index (χ2n) is 3.94. The van der Waals surface area contributed by atoms with Crippen LogP contribution >= 0.6 is 23.2 Å². The minimum atomic E-state index is -0.338. The molecule has 3 N–H and O–H groups in total. The zero-order chi connectivity index (χ0) is 13.3. The molecule has 2 rings (SSSR count). The van der Waals surface area contributed by atoms with Crippen LogP contribution in [0.15, 0.2) is 30.3 Å². The molecule has 0 aliphatic rings. The molecule has 0 radical (unpaired) electrons. The van der Waals surface area contributed by atoms with E-state index in [4.69, 9.17) is 28.9 Å². The molecule has 0 aliphatic carbocycles. The highest BCUT2D eigenvalue weighted by Crippen LogP contribution is 2.31. The van der Waals surface area contributed by atoms with Gasteiger partial charge in [0.1, 0.15) is 5.82 Å². The monoisotopic (exact) mass is 284 g/mol. The van der Waals surface area contributed by atoms with Crippen molar-refractivity contribution in [3.63, 3.8) is 0 Å². The third kappa shape index (κ3) is 2.68. The van der Waals surface area contributed by atoms with E-state index < -0.39 is 0 Å². The zero-order valence-corrected chi connectivity index (χ0v) is 11.1. The first-order chi connectivity index (χ1) is 8.47. The summed E-state index contributed by atoms with van der Waals surface area (Å²) in [6.07, 6.45) is 0. The Morgan fingerprint density at radius 3 is 2.56 bits per heavy atom. The van der Waals surface area contributed by atoms with Crippen molar-refractivity contribution in [1.82, 2.24) is 0 Å². The predicted octanol–water partition coefficient (Wildman–Crippen LogP) is 4.77. The minimum absolute atomic E-state index is 0.314. The van der Waals surface area contributed by atoms with Gasteiger partial charge in [-0.15, -0.1) is 0 Å². The number of rotatable bonds is 2. The van der Waals surface area contributed by atoms with Gasteiger partial charge in [0, 0.05) is 5.02 Å². The average Bonchev–Trinajstić information content (AvgIpc) is 2.30. The smallest absolute Gasteiger partial charge is 0.128 e. The van der Waals surface area contributed by atoms with Crippen LogP contribution in [0.1, 0.15) is 5.56 Å². The molecule has 0 spiro atoms. The Labute approximate surface area is 115 Å². The van der Waals surface area contributed by atoms with Gasteiger partial charge in [-0.25, -0.2) is 4.39 Å². The lowest BCUT2D eigenvalue weighted by atomic mass is 10.1. The Hall–Kier alpha value is -1.45. The van der Waals surface area contributed by atoms with Gasteiger partial charge in [0.05, 0.1) is 22.1 Å². The Bertz CT molecular complexity index is 600. The first-order valence-corrected chi connectivity index (χ1v) is 6.00. The van der Waals surface area contributed by atoms with Gasteiger partial charge >= 0.3 is 0 Å². The van der Waals surface area contributed by atoms with E-state index in [-0.39, 0.29) is 5.82 Å². The van der Waals surface area contributed by atoms with Crippen molar-refractivity contribution in [3.05, 3.63) is 51.8 Å². The Morgan fingerprint density at radius 2 is 1.83 bits per heavy atom. The van der Waals surface area contributed by atoms with Crippen molar-refractivity contribution in [3.8, 4) is 0 Å². The Morgan fingerprint density at radius 1 is 1.11 bits per heavy atom. The molecule has 0 saturated carbocycles. The molecule has 0 amide bonds. The lowest BCUT2D eigenvalue weighted by Crippen LogP contribution is -1.99.